The number of benzene rings is 1. The van der Waals surface area contributed by atoms with Crippen LogP contribution in [0.5, 0.6) is 5.75 Å². The Hall–Kier alpha value is -2.34. The molecule has 1 aromatic heterocycles. The summed E-state index contributed by atoms with van der Waals surface area (Å²) in [6.07, 6.45) is 0.304. The molecule has 0 bridgehead atoms. The number of nitrogens with one attached hydrogen (secondary N) is 1. The smallest absolute Gasteiger partial charge is 0.228 e. The number of carbonyl (C=O) groups is 1. The topological polar surface area (TPSA) is 76.4 Å². The molecule has 1 amide bonds. The van der Waals surface area contributed by atoms with E-state index >= 15 is 0 Å². The quantitative estimate of drug-likeness (QED) is 0.771. The molecular formula is C19H27N3O3. The molecule has 6 heteroatoms. The van der Waals surface area contributed by atoms with Crippen LogP contribution in [-0.4, -0.2) is 34.0 Å². The van der Waals surface area contributed by atoms with Gasteiger partial charge in [-0.15, -0.1) is 0 Å². The first-order chi connectivity index (χ1) is 11.9. The molecule has 136 valence electrons. The molecular weight excluding hydrogens is 318 g/mol. The zero-order chi connectivity index (χ0) is 18.4. The molecule has 1 aromatic carbocycles. The number of aryl methyl sites for hydroxylation is 1. The maximum Gasteiger partial charge on any atom is 0.228 e. The molecule has 0 atom stereocenters. The molecule has 0 saturated heterocycles. The first-order valence-corrected chi connectivity index (χ1v) is 8.57. The molecule has 0 unspecified atom stereocenters. The summed E-state index contributed by atoms with van der Waals surface area (Å²) in [4.78, 5) is 12.4. The van der Waals surface area contributed by atoms with Crippen molar-refractivity contribution in [2.45, 2.75) is 40.7 Å². The number of nitrogens with zero attached hydrogens (tertiary/aromatic N) is 2. The van der Waals surface area contributed by atoms with Gasteiger partial charge in [0.2, 0.25) is 5.91 Å². The third-order valence-corrected chi connectivity index (χ3v) is 3.90. The highest BCUT2D eigenvalue weighted by molar-refractivity contribution is 5.92. The van der Waals surface area contributed by atoms with E-state index in [1.807, 2.05) is 18.5 Å². The second-order valence-corrected chi connectivity index (χ2v) is 6.55. The number of hydrogen-bond donors (Lipinski definition) is 2. The van der Waals surface area contributed by atoms with Crippen molar-refractivity contribution < 1.29 is 14.6 Å². The molecule has 0 aliphatic heterocycles. The van der Waals surface area contributed by atoms with E-state index in [9.17, 15) is 4.79 Å². The van der Waals surface area contributed by atoms with E-state index in [4.69, 9.17) is 9.84 Å². The number of amides is 1. The summed E-state index contributed by atoms with van der Waals surface area (Å²) in [5, 5.41) is 16.2. The van der Waals surface area contributed by atoms with Crippen molar-refractivity contribution >= 4 is 11.6 Å². The number of aliphatic hydroxyl groups excluding tert-OH is 1. The number of aromatic nitrogens is 2. The summed E-state index contributed by atoms with van der Waals surface area (Å²) in [5.74, 6) is 1.10. The van der Waals surface area contributed by atoms with Gasteiger partial charge in [0, 0.05) is 23.5 Å². The molecule has 2 rings (SSSR count). The Morgan fingerprint density at radius 2 is 1.96 bits per heavy atom. The summed E-state index contributed by atoms with van der Waals surface area (Å²) in [6.45, 7) is 9.33. The van der Waals surface area contributed by atoms with Crippen LogP contribution in [0.4, 0.5) is 5.69 Å². The number of rotatable bonds is 8. The van der Waals surface area contributed by atoms with Crippen LogP contribution < -0.4 is 10.1 Å². The van der Waals surface area contributed by atoms with Crippen molar-refractivity contribution in [1.29, 1.82) is 0 Å². The minimum absolute atomic E-state index is 0.0261. The van der Waals surface area contributed by atoms with Gasteiger partial charge in [-0.05, 0) is 44.0 Å². The summed E-state index contributed by atoms with van der Waals surface area (Å²) in [7, 11) is 0. The predicted molar refractivity (Wildman–Crippen MR) is 97.9 cm³/mol. The molecule has 0 spiro atoms. The van der Waals surface area contributed by atoms with Crippen molar-refractivity contribution in [3.8, 4) is 5.75 Å². The number of anilines is 1. The lowest BCUT2D eigenvalue weighted by Gasteiger charge is -2.09. The molecule has 0 aliphatic rings. The van der Waals surface area contributed by atoms with Crippen LogP contribution in [0.25, 0.3) is 0 Å². The van der Waals surface area contributed by atoms with E-state index in [0.717, 1.165) is 23.5 Å². The fraction of sp³-hybridized carbons (Fsp3) is 0.474. The van der Waals surface area contributed by atoms with Gasteiger partial charge in [-0.3, -0.25) is 9.48 Å². The molecule has 2 aromatic rings. The lowest BCUT2D eigenvalue weighted by Crippen LogP contribution is -2.15. The average Bonchev–Trinajstić information content (AvgIpc) is 2.81. The Bertz CT molecular complexity index is 705. The van der Waals surface area contributed by atoms with Crippen LogP contribution >= 0.6 is 0 Å². The van der Waals surface area contributed by atoms with Crippen LogP contribution in [0.1, 0.15) is 30.8 Å². The highest BCUT2D eigenvalue weighted by Crippen LogP contribution is 2.18. The van der Waals surface area contributed by atoms with Gasteiger partial charge in [-0.2, -0.15) is 5.10 Å². The lowest BCUT2D eigenvalue weighted by atomic mass is 10.1. The zero-order valence-corrected chi connectivity index (χ0v) is 15.4. The largest absolute Gasteiger partial charge is 0.491 e. The Morgan fingerprint density at radius 1 is 1.28 bits per heavy atom. The summed E-state index contributed by atoms with van der Waals surface area (Å²) in [5.41, 5.74) is 3.66. The minimum Gasteiger partial charge on any atom is -0.491 e. The highest BCUT2D eigenvalue weighted by atomic mass is 16.5. The molecule has 2 N–H and O–H groups in total. The van der Waals surface area contributed by atoms with Crippen molar-refractivity contribution in [2.75, 3.05) is 18.5 Å². The lowest BCUT2D eigenvalue weighted by molar-refractivity contribution is -0.115. The van der Waals surface area contributed by atoms with Crippen molar-refractivity contribution in [2.24, 2.45) is 5.92 Å². The fourth-order valence-electron chi connectivity index (χ4n) is 2.68. The van der Waals surface area contributed by atoms with Gasteiger partial charge in [0.1, 0.15) is 12.4 Å². The Labute approximate surface area is 148 Å². The summed E-state index contributed by atoms with van der Waals surface area (Å²) >= 11 is 0. The fourth-order valence-corrected chi connectivity index (χ4v) is 2.68. The third-order valence-electron chi connectivity index (χ3n) is 3.90. The Morgan fingerprint density at radius 3 is 2.56 bits per heavy atom. The third kappa shape index (κ3) is 5.32. The average molecular weight is 345 g/mol. The van der Waals surface area contributed by atoms with Crippen molar-refractivity contribution in [3.63, 3.8) is 0 Å². The van der Waals surface area contributed by atoms with Gasteiger partial charge in [0.25, 0.3) is 0 Å². The Kier molecular flexibility index (Phi) is 6.58. The molecule has 0 aliphatic carbocycles. The summed E-state index contributed by atoms with van der Waals surface area (Å²) in [6, 6.07) is 7.10. The van der Waals surface area contributed by atoms with Gasteiger partial charge >= 0.3 is 0 Å². The first-order valence-electron chi connectivity index (χ1n) is 8.57. The second kappa shape index (κ2) is 8.67. The van der Waals surface area contributed by atoms with E-state index in [1.54, 1.807) is 24.3 Å². The molecule has 6 nitrogen and oxygen atoms in total. The SMILES string of the molecule is Cc1nn(CC(C)C)c(C)c1CC(=O)Nc1ccc(OCCO)cc1. The second-order valence-electron chi connectivity index (χ2n) is 6.55. The molecule has 0 radical (unpaired) electrons. The van der Waals surface area contributed by atoms with E-state index in [2.05, 4.69) is 24.3 Å². The monoisotopic (exact) mass is 345 g/mol. The van der Waals surface area contributed by atoms with E-state index < -0.39 is 0 Å². The number of carbonyl (C=O) groups excluding carboxylic acids is 1. The van der Waals surface area contributed by atoms with Crippen LogP contribution in [-0.2, 0) is 17.8 Å². The Balaban J connectivity index is 1.99. The zero-order valence-electron chi connectivity index (χ0n) is 15.4. The maximum absolute atomic E-state index is 12.4. The van der Waals surface area contributed by atoms with Gasteiger partial charge in [0.05, 0.1) is 18.7 Å². The molecule has 1 heterocycles. The normalized spacial score (nSPS) is 11.0. The van der Waals surface area contributed by atoms with E-state index in [0.29, 0.717) is 23.8 Å². The standard InChI is InChI=1S/C19H27N3O3/c1-13(2)12-22-15(4)18(14(3)21-22)11-19(24)20-16-5-7-17(8-6-16)25-10-9-23/h5-8,13,23H,9-12H2,1-4H3,(H,20,24). The van der Waals surface area contributed by atoms with E-state index in [1.165, 1.54) is 0 Å². The minimum atomic E-state index is -0.0701. The molecule has 25 heavy (non-hydrogen) atoms. The maximum atomic E-state index is 12.4. The molecule has 0 saturated carbocycles. The molecule has 0 fully saturated rings. The number of aliphatic hydroxyl groups is 1. The van der Waals surface area contributed by atoms with Crippen molar-refractivity contribution in [1.82, 2.24) is 9.78 Å². The van der Waals surface area contributed by atoms with Gasteiger partial charge in [0.15, 0.2) is 0 Å². The van der Waals surface area contributed by atoms with Crippen LogP contribution in [0.15, 0.2) is 24.3 Å². The van der Waals surface area contributed by atoms with Crippen LogP contribution in [0, 0.1) is 19.8 Å². The van der Waals surface area contributed by atoms with Crippen LogP contribution in [0.2, 0.25) is 0 Å². The van der Waals surface area contributed by atoms with Crippen molar-refractivity contribution in [3.05, 3.63) is 41.2 Å². The number of ether oxygens (including phenoxy) is 1. The van der Waals surface area contributed by atoms with Gasteiger partial charge < -0.3 is 15.2 Å². The summed E-state index contributed by atoms with van der Waals surface area (Å²) < 4.78 is 7.28. The van der Waals surface area contributed by atoms with Gasteiger partial charge in [-0.25, -0.2) is 0 Å². The highest BCUT2D eigenvalue weighted by Gasteiger charge is 2.15. The van der Waals surface area contributed by atoms with Gasteiger partial charge in [-0.1, -0.05) is 13.8 Å². The van der Waals surface area contributed by atoms with Crippen LogP contribution in [0.3, 0.4) is 0 Å². The first kappa shape index (κ1) is 19.0. The van der Waals surface area contributed by atoms with E-state index in [-0.39, 0.29) is 19.1 Å². The number of hydrogen-bond acceptors (Lipinski definition) is 4. The predicted octanol–water partition coefficient (Wildman–Crippen LogP) is 2.71.